The number of carbonyl (C=O) groups excluding carboxylic acids is 2. The van der Waals surface area contributed by atoms with Crippen molar-refractivity contribution in [2.75, 3.05) is 6.61 Å². The molecule has 0 bridgehead atoms. The third-order valence-corrected chi connectivity index (χ3v) is 1.65. The van der Waals surface area contributed by atoms with Crippen molar-refractivity contribution in [3.8, 4) is 0 Å². The summed E-state index contributed by atoms with van der Waals surface area (Å²) in [6, 6.07) is 0. The number of nitrogens with two attached hydrogens (primary N) is 2. The van der Waals surface area contributed by atoms with Crippen LogP contribution in [-0.4, -0.2) is 37.1 Å². The van der Waals surface area contributed by atoms with Crippen molar-refractivity contribution in [3.05, 3.63) is 0 Å². The monoisotopic (exact) mass is 204 g/mol. The molecule has 0 saturated carbocycles. The Morgan fingerprint density at radius 3 is 1.93 bits per heavy atom. The molecule has 2 amide bonds. The maximum Gasteiger partial charge on any atom is 0.273 e. The van der Waals surface area contributed by atoms with Gasteiger partial charge in [-0.25, -0.2) is 0 Å². The lowest BCUT2D eigenvalue weighted by atomic mass is 10.2. The zero-order valence-electron chi connectivity index (χ0n) is 7.64. The third-order valence-electron chi connectivity index (χ3n) is 1.65. The van der Waals surface area contributed by atoms with Crippen LogP contribution in [0.15, 0.2) is 0 Å². The van der Waals surface area contributed by atoms with Gasteiger partial charge in [-0.1, -0.05) is 0 Å². The van der Waals surface area contributed by atoms with Gasteiger partial charge in [0.25, 0.3) is 6.48 Å². The predicted octanol–water partition coefficient (Wildman–Crippen LogP) is -1.94. The highest BCUT2D eigenvalue weighted by Gasteiger charge is 2.43. The molecule has 0 aromatic carbocycles. The van der Waals surface area contributed by atoms with Crippen LogP contribution in [-0.2, 0) is 23.8 Å². The summed E-state index contributed by atoms with van der Waals surface area (Å²) in [5.74, 6) is -1.62. The topological polar surface area (TPSA) is 114 Å². The van der Waals surface area contributed by atoms with Crippen molar-refractivity contribution >= 4 is 11.8 Å². The summed E-state index contributed by atoms with van der Waals surface area (Å²) < 4.78 is 14.7. The highest BCUT2D eigenvalue weighted by Crippen LogP contribution is 2.19. The molecule has 4 N–H and O–H groups in total. The molecule has 1 heterocycles. The van der Waals surface area contributed by atoms with Crippen LogP contribution >= 0.6 is 0 Å². The number of hydrogen-bond donors (Lipinski definition) is 2. The molecule has 0 unspecified atom stereocenters. The summed E-state index contributed by atoms with van der Waals surface area (Å²) in [6.45, 7) is 0.973. The molecule has 80 valence electrons. The van der Waals surface area contributed by atoms with Crippen LogP contribution in [0.5, 0.6) is 0 Å². The van der Waals surface area contributed by atoms with E-state index in [0.717, 1.165) is 0 Å². The summed E-state index contributed by atoms with van der Waals surface area (Å²) >= 11 is 0. The molecular weight excluding hydrogens is 192 g/mol. The first kappa shape index (κ1) is 10.9. The van der Waals surface area contributed by atoms with E-state index in [-0.39, 0.29) is 0 Å². The molecule has 1 aliphatic heterocycles. The molecule has 0 aliphatic carbocycles. The Hall–Kier alpha value is -1.18. The molecule has 0 radical (unpaired) electrons. The van der Waals surface area contributed by atoms with E-state index in [2.05, 4.69) is 0 Å². The number of primary amides is 2. The Bertz CT molecular complexity index is 222. The molecule has 1 saturated heterocycles. The quantitative estimate of drug-likeness (QED) is 0.553. The largest absolute Gasteiger partial charge is 0.367 e. The minimum Gasteiger partial charge on any atom is -0.367 e. The number of amides is 2. The summed E-state index contributed by atoms with van der Waals surface area (Å²) in [7, 11) is 0. The van der Waals surface area contributed by atoms with Gasteiger partial charge in [-0.15, -0.1) is 0 Å². The van der Waals surface area contributed by atoms with Crippen LogP contribution in [0.3, 0.4) is 0 Å². The van der Waals surface area contributed by atoms with E-state index in [1.54, 1.807) is 6.92 Å². The molecule has 1 rings (SSSR count). The van der Waals surface area contributed by atoms with Crippen LogP contribution in [0.25, 0.3) is 0 Å². The Balaban J connectivity index is 2.65. The molecule has 0 spiro atoms. The van der Waals surface area contributed by atoms with Gasteiger partial charge in [-0.05, 0) is 6.92 Å². The van der Waals surface area contributed by atoms with Gasteiger partial charge < -0.3 is 25.7 Å². The lowest BCUT2D eigenvalue weighted by Gasteiger charge is -2.07. The average molecular weight is 204 g/mol. The van der Waals surface area contributed by atoms with Crippen molar-refractivity contribution in [1.29, 1.82) is 0 Å². The SMILES string of the molecule is CCOC1O[C@@H](C(N)=O)[C@H](C(N)=O)O1. The van der Waals surface area contributed by atoms with Crippen LogP contribution in [0.1, 0.15) is 6.92 Å². The second kappa shape index (κ2) is 4.36. The normalized spacial score (nSPS) is 27.8. The molecule has 1 aliphatic rings. The third kappa shape index (κ3) is 2.19. The Morgan fingerprint density at radius 1 is 1.21 bits per heavy atom. The maximum absolute atomic E-state index is 10.8. The van der Waals surface area contributed by atoms with E-state index in [1.165, 1.54) is 0 Å². The van der Waals surface area contributed by atoms with Gasteiger partial charge in [-0.3, -0.25) is 9.59 Å². The molecule has 7 heteroatoms. The van der Waals surface area contributed by atoms with Crippen LogP contribution in [0, 0.1) is 0 Å². The molecule has 1 fully saturated rings. The van der Waals surface area contributed by atoms with Gasteiger partial charge in [0.15, 0.2) is 12.2 Å². The lowest BCUT2D eigenvalue weighted by molar-refractivity contribution is -0.238. The first-order valence-electron chi connectivity index (χ1n) is 4.07. The van der Waals surface area contributed by atoms with E-state index in [0.29, 0.717) is 6.61 Å². The van der Waals surface area contributed by atoms with E-state index < -0.39 is 30.5 Å². The van der Waals surface area contributed by atoms with Crippen molar-refractivity contribution < 1.29 is 23.8 Å². The Morgan fingerprint density at radius 2 is 1.64 bits per heavy atom. The second-order valence-electron chi connectivity index (χ2n) is 2.66. The van der Waals surface area contributed by atoms with Gasteiger partial charge in [0.1, 0.15) is 0 Å². The Kier molecular flexibility index (Phi) is 3.39. The van der Waals surface area contributed by atoms with Gasteiger partial charge in [-0.2, -0.15) is 0 Å². The van der Waals surface area contributed by atoms with E-state index in [9.17, 15) is 9.59 Å². The highest BCUT2D eigenvalue weighted by atomic mass is 16.9. The van der Waals surface area contributed by atoms with Crippen molar-refractivity contribution in [3.63, 3.8) is 0 Å². The summed E-state index contributed by atoms with van der Waals surface area (Å²) in [5, 5.41) is 0. The van der Waals surface area contributed by atoms with Gasteiger partial charge >= 0.3 is 0 Å². The maximum atomic E-state index is 10.8. The van der Waals surface area contributed by atoms with E-state index in [4.69, 9.17) is 25.7 Å². The standard InChI is InChI=1S/C7H12N2O5/c1-2-12-7-13-3(5(8)10)4(14-7)6(9)11/h3-4,7H,2H2,1H3,(H2,8,10)(H2,9,11)/t3-,4-/m1/s1. The van der Waals surface area contributed by atoms with Crippen molar-refractivity contribution in [1.82, 2.24) is 0 Å². The zero-order valence-corrected chi connectivity index (χ0v) is 7.64. The number of rotatable bonds is 4. The Labute approximate surface area is 80.3 Å². The molecular formula is C7H12N2O5. The smallest absolute Gasteiger partial charge is 0.273 e. The lowest BCUT2D eigenvalue weighted by Crippen LogP contribution is -2.44. The van der Waals surface area contributed by atoms with Crippen molar-refractivity contribution in [2.24, 2.45) is 11.5 Å². The zero-order chi connectivity index (χ0) is 10.7. The van der Waals surface area contributed by atoms with E-state index in [1.807, 2.05) is 0 Å². The average Bonchev–Trinajstić information content (AvgIpc) is 2.49. The summed E-state index contributed by atoms with van der Waals surface area (Å²) in [4.78, 5) is 21.6. The van der Waals surface area contributed by atoms with Crippen LogP contribution in [0.4, 0.5) is 0 Å². The van der Waals surface area contributed by atoms with Gasteiger partial charge in [0, 0.05) is 6.61 Å². The van der Waals surface area contributed by atoms with Gasteiger partial charge in [0.2, 0.25) is 11.8 Å². The summed E-state index contributed by atoms with van der Waals surface area (Å²) in [5.41, 5.74) is 9.95. The van der Waals surface area contributed by atoms with E-state index >= 15 is 0 Å². The second-order valence-corrected chi connectivity index (χ2v) is 2.66. The molecule has 0 aromatic heterocycles. The fourth-order valence-electron chi connectivity index (χ4n) is 1.06. The summed E-state index contributed by atoms with van der Waals surface area (Å²) in [6.07, 6.45) is -2.35. The number of carbonyl (C=O) groups is 2. The highest BCUT2D eigenvalue weighted by molar-refractivity contribution is 5.89. The molecule has 2 atom stereocenters. The fraction of sp³-hybridized carbons (Fsp3) is 0.714. The predicted molar refractivity (Wildman–Crippen MR) is 43.5 cm³/mol. The first-order chi connectivity index (χ1) is 6.56. The molecule has 0 aromatic rings. The first-order valence-corrected chi connectivity index (χ1v) is 4.07. The molecule has 14 heavy (non-hydrogen) atoms. The van der Waals surface area contributed by atoms with Crippen LogP contribution in [0.2, 0.25) is 0 Å². The molecule has 7 nitrogen and oxygen atoms in total. The van der Waals surface area contributed by atoms with Crippen LogP contribution < -0.4 is 11.5 Å². The number of ether oxygens (including phenoxy) is 3. The van der Waals surface area contributed by atoms with Gasteiger partial charge in [0.05, 0.1) is 0 Å². The number of hydrogen-bond acceptors (Lipinski definition) is 5. The minimum absolute atomic E-state index is 0.321. The minimum atomic E-state index is -1.18. The fourth-order valence-corrected chi connectivity index (χ4v) is 1.06. The van der Waals surface area contributed by atoms with Crippen molar-refractivity contribution in [2.45, 2.75) is 25.6 Å².